The number of hydrogen-bond donors (Lipinski definition) is 0. The molecule has 0 saturated carbocycles. The average Bonchev–Trinajstić information content (AvgIpc) is 2.38. The smallest absolute Gasteiger partial charge is 0.0391 e. The van der Waals surface area contributed by atoms with Gasteiger partial charge < -0.3 is 0 Å². The molecule has 18 heavy (non-hydrogen) atoms. The molecule has 0 bridgehead atoms. The first-order valence-corrected chi connectivity index (χ1v) is 8.63. The van der Waals surface area contributed by atoms with Crippen molar-refractivity contribution in [3.63, 3.8) is 0 Å². The predicted octanol–water partition coefficient (Wildman–Crippen LogP) is 6.84. The van der Waals surface area contributed by atoms with Crippen LogP contribution in [0.5, 0.6) is 0 Å². The molecular weight excluding hydrogens is 216 g/mol. The Labute approximate surface area is 117 Å². The van der Waals surface area contributed by atoms with Crippen LogP contribution in [0.25, 0.3) is 0 Å². The number of rotatable bonds is 12. The van der Waals surface area contributed by atoms with Gasteiger partial charge >= 0.3 is 0 Å². The van der Waals surface area contributed by atoms with E-state index in [1.165, 1.54) is 64.2 Å². The highest BCUT2D eigenvalue weighted by molar-refractivity contribution is 4.68. The maximum atomic E-state index is 2.48. The fourth-order valence-electron chi connectivity index (χ4n) is 2.87. The van der Waals surface area contributed by atoms with Crippen molar-refractivity contribution in [2.45, 2.75) is 98.8 Å². The maximum absolute atomic E-state index is 2.48. The molecule has 0 aliphatic heterocycles. The molecule has 0 saturated heterocycles. The molecule has 0 aromatic carbocycles. The lowest BCUT2D eigenvalue weighted by Crippen LogP contribution is -2.16. The Morgan fingerprint density at radius 1 is 0.556 bits per heavy atom. The summed E-state index contributed by atoms with van der Waals surface area (Å²) >= 11 is 0. The molecule has 0 heteroatoms. The van der Waals surface area contributed by atoms with Gasteiger partial charge in [-0.2, -0.15) is 0 Å². The van der Waals surface area contributed by atoms with Gasteiger partial charge in [-0.05, 0) is 17.8 Å². The zero-order chi connectivity index (χ0) is 13.8. The summed E-state index contributed by atoms with van der Waals surface area (Å²) in [7, 11) is 0. The average molecular weight is 255 g/mol. The molecule has 0 aromatic heterocycles. The highest BCUT2D eigenvalue weighted by atomic mass is 14.2. The summed E-state index contributed by atoms with van der Waals surface area (Å²) in [4.78, 5) is 0. The topological polar surface area (TPSA) is 0 Å². The normalized spacial score (nSPS) is 16.5. The summed E-state index contributed by atoms with van der Waals surface area (Å²) in [6.07, 6.45) is 14.2. The van der Waals surface area contributed by atoms with E-state index < -0.39 is 0 Å². The summed E-state index contributed by atoms with van der Waals surface area (Å²) in [5.74, 6) is 2.75. The summed E-state index contributed by atoms with van der Waals surface area (Å²) in [6, 6.07) is 0. The first-order chi connectivity index (χ1) is 8.63. The molecule has 0 heterocycles. The molecule has 2 atom stereocenters. The molecule has 0 aromatic rings. The van der Waals surface area contributed by atoms with Crippen molar-refractivity contribution in [1.82, 2.24) is 0 Å². The van der Waals surface area contributed by atoms with Crippen molar-refractivity contribution in [2.75, 3.05) is 0 Å². The van der Waals surface area contributed by atoms with E-state index in [2.05, 4.69) is 34.6 Å². The molecular formula is C18H38. The third kappa shape index (κ3) is 9.00. The number of unbranched alkanes of at least 4 members (excludes halogenated alkanes) is 6. The van der Waals surface area contributed by atoms with E-state index in [-0.39, 0.29) is 0 Å². The van der Waals surface area contributed by atoms with Crippen LogP contribution in [0.4, 0.5) is 0 Å². The van der Waals surface area contributed by atoms with Crippen LogP contribution in [0, 0.1) is 17.8 Å². The van der Waals surface area contributed by atoms with Gasteiger partial charge in [0, 0.05) is 0 Å². The van der Waals surface area contributed by atoms with Gasteiger partial charge in [-0.1, -0.05) is 98.8 Å². The van der Waals surface area contributed by atoms with Gasteiger partial charge in [-0.25, -0.2) is 0 Å². The molecule has 0 N–H and O–H groups in total. The SMILES string of the molecule is CCCCCCC(C)C(C)C(C)CCCCCC. The van der Waals surface area contributed by atoms with Gasteiger partial charge in [0.15, 0.2) is 0 Å². The highest BCUT2D eigenvalue weighted by Gasteiger charge is 2.18. The van der Waals surface area contributed by atoms with Crippen LogP contribution in [-0.2, 0) is 0 Å². The summed E-state index contributed by atoms with van der Waals surface area (Å²) < 4.78 is 0. The van der Waals surface area contributed by atoms with Crippen LogP contribution in [0.1, 0.15) is 98.8 Å². The van der Waals surface area contributed by atoms with E-state index in [1.54, 1.807) is 0 Å². The van der Waals surface area contributed by atoms with E-state index in [0.29, 0.717) is 0 Å². The second-order valence-corrected chi connectivity index (χ2v) is 6.51. The van der Waals surface area contributed by atoms with Gasteiger partial charge in [0.1, 0.15) is 0 Å². The second-order valence-electron chi connectivity index (χ2n) is 6.51. The van der Waals surface area contributed by atoms with Gasteiger partial charge in [0.2, 0.25) is 0 Å². The van der Waals surface area contributed by atoms with E-state index in [9.17, 15) is 0 Å². The number of hydrogen-bond acceptors (Lipinski definition) is 0. The Morgan fingerprint density at radius 2 is 0.944 bits per heavy atom. The van der Waals surface area contributed by atoms with Crippen LogP contribution in [0.15, 0.2) is 0 Å². The van der Waals surface area contributed by atoms with Crippen LogP contribution in [0.3, 0.4) is 0 Å². The lowest BCUT2D eigenvalue weighted by molar-refractivity contribution is 0.244. The van der Waals surface area contributed by atoms with Crippen molar-refractivity contribution in [3.8, 4) is 0 Å². The van der Waals surface area contributed by atoms with Crippen LogP contribution >= 0.6 is 0 Å². The Bertz CT molecular complexity index is 143. The Hall–Kier alpha value is 0. The zero-order valence-corrected chi connectivity index (χ0v) is 13.8. The van der Waals surface area contributed by atoms with Crippen molar-refractivity contribution in [3.05, 3.63) is 0 Å². The molecule has 0 aliphatic carbocycles. The molecule has 2 unspecified atom stereocenters. The summed E-state index contributed by atoms with van der Waals surface area (Å²) in [5.41, 5.74) is 0. The minimum Gasteiger partial charge on any atom is -0.0654 e. The van der Waals surface area contributed by atoms with Gasteiger partial charge in [0.25, 0.3) is 0 Å². The minimum atomic E-state index is 0.910. The highest BCUT2D eigenvalue weighted by Crippen LogP contribution is 2.28. The van der Waals surface area contributed by atoms with Gasteiger partial charge in [-0.15, -0.1) is 0 Å². The standard InChI is InChI=1S/C18H38/c1-6-8-10-12-14-16(3)18(5)17(4)15-13-11-9-7-2/h16-18H,6-15H2,1-5H3. The molecule has 0 nitrogen and oxygen atoms in total. The van der Waals surface area contributed by atoms with Crippen molar-refractivity contribution >= 4 is 0 Å². The van der Waals surface area contributed by atoms with E-state index in [4.69, 9.17) is 0 Å². The fraction of sp³-hybridized carbons (Fsp3) is 1.00. The Kier molecular flexibility index (Phi) is 12.1. The second kappa shape index (κ2) is 12.1. The van der Waals surface area contributed by atoms with Crippen LogP contribution in [0.2, 0.25) is 0 Å². The maximum Gasteiger partial charge on any atom is -0.0391 e. The van der Waals surface area contributed by atoms with Gasteiger partial charge in [0.05, 0.1) is 0 Å². The summed E-state index contributed by atoms with van der Waals surface area (Å²) in [6.45, 7) is 12.0. The Morgan fingerprint density at radius 3 is 1.28 bits per heavy atom. The van der Waals surface area contributed by atoms with Gasteiger partial charge in [-0.3, -0.25) is 0 Å². The van der Waals surface area contributed by atoms with Crippen molar-refractivity contribution < 1.29 is 0 Å². The molecule has 0 radical (unpaired) electrons. The Balaban J connectivity index is 3.65. The monoisotopic (exact) mass is 254 g/mol. The van der Waals surface area contributed by atoms with E-state index in [1.807, 2.05) is 0 Å². The molecule has 110 valence electrons. The largest absolute Gasteiger partial charge is 0.0654 e. The third-order valence-electron chi connectivity index (χ3n) is 4.82. The fourth-order valence-corrected chi connectivity index (χ4v) is 2.87. The van der Waals surface area contributed by atoms with Crippen LogP contribution in [-0.4, -0.2) is 0 Å². The first-order valence-electron chi connectivity index (χ1n) is 8.63. The zero-order valence-electron chi connectivity index (χ0n) is 13.8. The first kappa shape index (κ1) is 18.0. The molecule has 0 amide bonds. The van der Waals surface area contributed by atoms with E-state index in [0.717, 1.165) is 17.8 Å². The molecule has 0 rings (SSSR count). The third-order valence-corrected chi connectivity index (χ3v) is 4.82. The predicted molar refractivity (Wildman–Crippen MR) is 85.0 cm³/mol. The van der Waals surface area contributed by atoms with Crippen LogP contribution < -0.4 is 0 Å². The van der Waals surface area contributed by atoms with E-state index >= 15 is 0 Å². The molecule has 0 spiro atoms. The lowest BCUT2D eigenvalue weighted by atomic mass is 9.80. The molecule has 0 aliphatic rings. The molecule has 0 fully saturated rings. The lowest BCUT2D eigenvalue weighted by Gasteiger charge is -2.26. The van der Waals surface area contributed by atoms with Crippen molar-refractivity contribution in [1.29, 1.82) is 0 Å². The van der Waals surface area contributed by atoms with Crippen molar-refractivity contribution in [2.24, 2.45) is 17.8 Å². The minimum absolute atomic E-state index is 0.910. The quantitative estimate of drug-likeness (QED) is 0.335. The summed E-state index contributed by atoms with van der Waals surface area (Å²) in [5, 5.41) is 0.